The Kier molecular flexibility index (Phi) is 19.6. The fraction of sp³-hybridized carbons (Fsp3) is 0.825. The first-order valence-electron chi connectivity index (χ1n) is 20.5. The van der Waals surface area contributed by atoms with E-state index in [1.807, 2.05) is 6.07 Å². The van der Waals surface area contributed by atoms with Crippen LogP contribution in [0.3, 0.4) is 0 Å². The third-order valence-corrected chi connectivity index (χ3v) is 14.2. The summed E-state index contributed by atoms with van der Waals surface area (Å²) in [5.74, 6) is 3.62. The van der Waals surface area contributed by atoms with Crippen LogP contribution in [0, 0.1) is 17.3 Å². The van der Waals surface area contributed by atoms with E-state index in [4.69, 9.17) is 23.7 Å². The van der Waals surface area contributed by atoms with Crippen molar-refractivity contribution in [1.82, 2.24) is 10.2 Å². The van der Waals surface area contributed by atoms with Gasteiger partial charge in [0.1, 0.15) is 12.4 Å². The number of hydrogen-bond donors (Lipinski definition) is 1. The van der Waals surface area contributed by atoms with Crippen molar-refractivity contribution < 1.29 is 72.7 Å². The maximum atomic E-state index is 13.2. The second-order valence-corrected chi connectivity index (χ2v) is 18.4. The Hall–Kier alpha value is -1.84. The number of nitrogens with one attached hydrogen (secondary N) is 1. The van der Waals surface area contributed by atoms with Crippen LogP contribution >= 0.6 is 21.6 Å². The van der Waals surface area contributed by atoms with Crippen LogP contribution in [0.15, 0.2) is 18.2 Å². The zero-order valence-electron chi connectivity index (χ0n) is 34.4. The van der Waals surface area contributed by atoms with E-state index in [2.05, 4.69) is 41.1 Å². The maximum absolute atomic E-state index is 13.2. The first-order chi connectivity index (χ1) is 28.4. The van der Waals surface area contributed by atoms with Gasteiger partial charge in [0, 0.05) is 57.9 Å². The molecule has 1 N–H and O–H groups in total. The van der Waals surface area contributed by atoms with Crippen molar-refractivity contribution in [3.8, 4) is 5.75 Å². The second-order valence-electron chi connectivity index (χ2n) is 15.7. The number of amides is 1. The highest BCUT2D eigenvalue weighted by molar-refractivity contribution is 8.76. The number of aryl methyl sites for hydroxylation is 1. The number of likely N-dealkylation sites (N-methyl/N-ethyl adjacent to an activating group) is 1. The predicted octanol–water partition coefficient (Wildman–Crippen LogP) is 9.62. The third kappa shape index (κ3) is 13.3. The SMILES string of the molecule is CNC(=O)OCCCOCCSSCCOCCCN(C)CCOc1ccc2c(c1)CC[C@@H]1[C@@H]2CC[C@]2(C)[C@@H](OCCCOC(C(F)(F)F)(C(F)(F)F)C(F)(F)F)CC[C@@H]12. The molecule has 5 atom stereocenters. The van der Waals surface area contributed by atoms with E-state index in [-0.39, 0.29) is 18.1 Å². The topological polar surface area (TPSA) is 87.7 Å². The van der Waals surface area contributed by atoms with E-state index >= 15 is 0 Å². The lowest BCUT2D eigenvalue weighted by atomic mass is 9.55. The van der Waals surface area contributed by atoms with E-state index in [0.29, 0.717) is 70.2 Å². The summed E-state index contributed by atoms with van der Waals surface area (Å²) in [4.78, 5) is 13.2. The van der Waals surface area contributed by atoms with Crippen molar-refractivity contribution in [2.24, 2.45) is 17.3 Å². The van der Waals surface area contributed by atoms with Crippen molar-refractivity contribution in [3.63, 3.8) is 0 Å². The zero-order chi connectivity index (χ0) is 44.0. The average molecular weight is 915 g/mol. The van der Waals surface area contributed by atoms with Gasteiger partial charge < -0.3 is 38.6 Å². The minimum Gasteiger partial charge on any atom is -0.492 e. The molecule has 1 amide bonds. The summed E-state index contributed by atoms with van der Waals surface area (Å²) >= 11 is 0. The predicted molar refractivity (Wildman–Crippen MR) is 211 cm³/mol. The van der Waals surface area contributed by atoms with Crippen LogP contribution in [0.1, 0.15) is 75.3 Å². The molecular weight excluding hydrogens is 856 g/mol. The van der Waals surface area contributed by atoms with Gasteiger partial charge in [-0.3, -0.25) is 0 Å². The smallest absolute Gasteiger partial charge is 0.435 e. The van der Waals surface area contributed by atoms with E-state index in [9.17, 15) is 44.3 Å². The molecule has 0 unspecified atom stereocenters. The minimum atomic E-state index is -6.75. The highest BCUT2D eigenvalue weighted by atomic mass is 33.1. The molecule has 3 aliphatic carbocycles. The van der Waals surface area contributed by atoms with Gasteiger partial charge in [-0.05, 0) is 105 Å². The van der Waals surface area contributed by atoms with Gasteiger partial charge in [0.25, 0.3) is 0 Å². The van der Waals surface area contributed by atoms with E-state index in [1.165, 1.54) is 18.2 Å². The number of hydrogen-bond acceptors (Lipinski definition) is 10. The molecule has 2 fully saturated rings. The molecule has 60 heavy (non-hydrogen) atoms. The zero-order valence-corrected chi connectivity index (χ0v) is 36.0. The van der Waals surface area contributed by atoms with Crippen molar-refractivity contribution in [3.05, 3.63) is 29.3 Å². The van der Waals surface area contributed by atoms with Crippen molar-refractivity contribution >= 4 is 27.7 Å². The van der Waals surface area contributed by atoms with Gasteiger partial charge in [-0.2, -0.15) is 39.5 Å². The molecule has 3 aliphatic rings. The van der Waals surface area contributed by atoms with Crippen LogP contribution in [0.5, 0.6) is 5.75 Å². The van der Waals surface area contributed by atoms with Crippen molar-refractivity contribution in [1.29, 1.82) is 0 Å². The van der Waals surface area contributed by atoms with Crippen LogP contribution in [0.2, 0.25) is 0 Å². The molecule has 4 rings (SSSR count). The standard InChI is InChI=1S/C40H59F9N2O7S2/c1-36-14-13-31-30-10-8-29(55-22-16-51(3)15-4-17-53-23-25-59-60-26-24-54-18-5-20-57-35(52)50-2)27-28(30)7-9-32(31)33(36)11-12-34(36)56-19-6-21-58-37(38(41,42)43,39(44,45)46)40(47,48)49/h8,10,27,31-34H,4-7,9,11-26H2,1-3H3,(H,50,52)/t31-,32-,33+,34+,36+/m1/s1. The molecule has 0 bridgehead atoms. The Balaban J connectivity index is 1.09. The summed E-state index contributed by atoms with van der Waals surface area (Å²) in [7, 11) is 7.07. The average Bonchev–Trinajstić information content (AvgIpc) is 3.51. The fourth-order valence-electron chi connectivity index (χ4n) is 8.89. The van der Waals surface area contributed by atoms with Gasteiger partial charge in [0.15, 0.2) is 0 Å². The summed E-state index contributed by atoms with van der Waals surface area (Å²) in [6, 6.07) is 6.32. The van der Waals surface area contributed by atoms with Crippen LogP contribution < -0.4 is 10.1 Å². The molecule has 9 nitrogen and oxygen atoms in total. The van der Waals surface area contributed by atoms with Gasteiger partial charge in [0.2, 0.25) is 0 Å². The molecule has 1 aromatic rings. The van der Waals surface area contributed by atoms with Gasteiger partial charge in [-0.15, -0.1) is 0 Å². The quantitative estimate of drug-likeness (QED) is 0.0582. The minimum absolute atomic E-state index is 0.266. The normalized spacial score (nSPS) is 23.3. The monoisotopic (exact) mass is 914 g/mol. The van der Waals surface area contributed by atoms with Crippen molar-refractivity contribution in [2.45, 2.75) is 101 Å². The summed E-state index contributed by atoms with van der Waals surface area (Å²) in [6.45, 7) is 5.48. The number of rotatable bonds is 25. The van der Waals surface area contributed by atoms with Gasteiger partial charge >= 0.3 is 30.2 Å². The first-order valence-corrected chi connectivity index (χ1v) is 23.0. The molecule has 0 heterocycles. The van der Waals surface area contributed by atoms with Crippen LogP contribution in [-0.2, 0) is 30.1 Å². The van der Waals surface area contributed by atoms with Crippen LogP contribution in [0.4, 0.5) is 44.3 Å². The fourth-order valence-corrected chi connectivity index (χ4v) is 10.6. The number of carbonyl (C=O) groups is 1. The lowest BCUT2D eigenvalue weighted by Crippen LogP contribution is -2.67. The number of nitrogens with zero attached hydrogens (tertiary/aromatic N) is 1. The summed E-state index contributed by atoms with van der Waals surface area (Å²) in [6.07, 6.45) is -14.9. The summed E-state index contributed by atoms with van der Waals surface area (Å²) in [5, 5.41) is 2.39. The number of alkyl carbamates (subject to hydrolysis) is 1. The Labute approximate surface area is 354 Å². The number of halogens is 9. The van der Waals surface area contributed by atoms with Gasteiger partial charge in [-0.25, -0.2) is 4.79 Å². The number of ether oxygens (including phenoxy) is 6. The largest absolute Gasteiger partial charge is 0.492 e. The van der Waals surface area contributed by atoms with Crippen LogP contribution in [0.25, 0.3) is 0 Å². The summed E-state index contributed by atoms with van der Waals surface area (Å²) in [5.41, 5.74) is -3.95. The van der Waals surface area contributed by atoms with Crippen LogP contribution in [-0.4, -0.2) is 133 Å². The molecule has 346 valence electrons. The highest BCUT2D eigenvalue weighted by Gasteiger charge is 2.85. The van der Waals surface area contributed by atoms with Crippen molar-refractivity contribution in [2.75, 3.05) is 91.5 Å². The van der Waals surface area contributed by atoms with E-state index in [1.54, 1.807) is 21.6 Å². The molecule has 0 radical (unpaired) electrons. The number of fused-ring (bicyclic) bond motifs is 5. The Bertz CT molecular complexity index is 1420. The highest BCUT2D eigenvalue weighted by Crippen LogP contribution is 2.62. The Morgan fingerprint density at radius 3 is 2.10 bits per heavy atom. The maximum Gasteiger partial charge on any atom is 0.435 e. The second kappa shape index (κ2) is 23.2. The first kappa shape index (κ1) is 50.8. The third-order valence-electron chi connectivity index (χ3n) is 11.9. The molecule has 0 spiro atoms. The molecule has 0 aromatic heterocycles. The number of carbonyl (C=O) groups excluding carboxylic acids is 1. The number of benzene rings is 1. The van der Waals surface area contributed by atoms with E-state index < -0.39 is 43.3 Å². The Morgan fingerprint density at radius 2 is 1.45 bits per heavy atom. The van der Waals surface area contributed by atoms with Gasteiger partial charge in [-0.1, -0.05) is 34.6 Å². The molecule has 2 saturated carbocycles. The molecular formula is C40H59F9N2O7S2. The molecule has 1 aromatic carbocycles. The molecule has 0 aliphatic heterocycles. The lowest BCUT2D eigenvalue weighted by Gasteiger charge is -2.50. The molecule has 0 saturated heterocycles. The molecule has 20 heteroatoms. The van der Waals surface area contributed by atoms with E-state index in [0.717, 1.165) is 68.9 Å². The summed E-state index contributed by atoms with van der Waals surface area (Å²) < 4.78 is 151. The Morgan fingerprint density at radius 1 is 0.800 bits per heavy atom. The lowest BCUT2D eigenvalue weighted by molar-refractivity contribution is -0.457. The van der Waals surface area contributed by atoms with Gasteiger partial charge in [0.05, 0.1) is 32.5 Å². The number of alkyl halides is 9.